The Morgan fingerprint density at radius 2 is 2.31 bits per heavy atom. The van der Waals surface area contributed by atoms with Crippen LogP contribution < -0.4 is 0 Å². The van der Waals surface area contributed by atoms with Crippen LogP contribution in [-0.2, 0) is 17.8 Å². The maximum Gasteiger partial charge on any atom is 0.307 e. The highest BCUT2D eigenvalue weighted by Gasteiger charge is 2.11. The lowest BCUT2D eigenvalue weighted by molar-refractivity contribution is -0.136. The molecule has 0 unspecified atom stereocenters. The SMILES string of the molecule is O=C(O)Cc1cc2c3c(ccn3CC=C2)c1. The maximum absolute atomic E-state index is 10.7. The molecule has 0 aliphatic carbocycles. The Kier molecular flexibility index (Phi) is 1.86. The van der Waals surface area contributed by atoms with Crippen LogP contribution in [0, 0.1) is 0 Å². The topological polar surface area (TPSA) is 42.2 Å². The predicted molar refractivity (Wildman–Crippen MR) is 62.3 cm³/mol. The molecule has 3 rings (SSSR count). The van der Waals surface area contributed by atoms with Crippen molar-refractivity contribution in [3.8, 4) is 0 Å². The van der Waals surface area contributed by atoms with Gasteiger partial charge in [0, 0.05) is 18.1 Å². The fourth-order valence-electron chi connectivity index (χ4n) is 2.30. The molecule has 3 heteroatoms. The lowest BCUT2D eigenvalue weighted by Crippen LogP contribution is -2.03. The average molecular weight is 213 g/mol. The van der Waals surface area contributed by atoms with E-state index in [-0.39, 0.29) is 6.42 Å². The quantitative estimate of drug-likeness (QED) is 0.831. The molecule has 0 saturated heterocycles. The molecule has 1 aliphatic heterocycles. The third-order valence-corrected chi connectivity index (χ3v) is 2.90. The molecule has 0 bridgehead atoms. The number of carboxylic acid groups (broad SMARTS) is 1. The highest BCUT2D eigenvalue weighted by molar-refractivity contribution is 5.91. The highest BCUT2D eigenvalue weighted by Crippen LogP contribution is 2.26. The second kappa shape index (κ2) is 3.23. The van der Waals surface area contributed by atoms with E-state index >= 15 is 0 Å². The van der Waals surface area contributed by atoms with Gasteiger partial charge in [0.2, 0.25) is 0 Å². The molecule has 1 aromatic heterocycles. The number of nitrogens with zero attached hydrogens (tertiary/aromatic N) is 1. The average Bonchev–Trinajstić information content (AvgIpc) is 2.62. The van der Waals surface area contributed by atoms with E-state index in [0.717, 1.165) is 23.1 Å². The fourth-order valence-corrected chi connectivity index (χ4v) is 2.30. The number of carboxylic acids is 1. The van der Waals surface area contributed by atoms with Gasteiger partial charge in [0.15, 0.2) is 0 Å². The van der Waals surface area contributed by atoms with E-state index < -0.39 is 5.97 Å². The Morgan fingerprint density at radius 3 is 3.12 bits per heavy atom. The minimum absolute atomic E-state index is 0.0853. The van der Waals surface area contributed by atoms with Crippen molar-refractivity contribution in [3.05, 3.63) is 41.6 Å². The number of carbonyl (C=O) groups is 1. The molecule has 0 radical (unpaired) electrons. The van der Waals surface area contributed by atoms with Gasteiger partial charge in [-0.2, -0.15) is 0 Å². The molecule has 1 aromatic carbocycles. The molecule has 0 saturated carbocycles. The predicted octanol–water partition coefficient (Wildman–Crippen LogP) is 2.30. The summed E-state index contributed by atoms with van der Waals surface area (Å²) in [6, 6.07) is 5.96. The van der Waals surface area contributed by atoms with Crippen LogP contribution in [0.2, 0.25) is 0 Å². The molecule has 1 N–H and O–H groups in total. The number of aliphatic carboxylic acids is 1. The van der Waals surface area contributed by atoms with Gasteiger partial charge in [0.25, 0.3) is 0 Å². The van der Waals surface area contributed by atoms with Crippen molar-refractivity contribution < 1.29 is 9.90 Å². The number of hydrogen-bond acceptors (Lipinski definition) is 1. The Balaban J connectivity index is 2.22. The fraction of sp³-hybridized carbons (Fsp3) is 0.154. The van der Waals surface area contributed by atoms with Crippen molar-refractivity contribution in [2.24, 2.45) is 0 Å². The summed E-state index contributed by atoms with van der Waals surface area (Å²) in [4.78, 5) is 10.7. The van der Waals surface area contributed by atoms with Crippen LogP contribution in [0.15, 0.2) is 30.5 Å². The number of rotatable bonds is 2. The zero-order valence-electron chi connectivity index (χ0n) is 8.68. The molecule has 2 heterocycles. The summed E-state index contributed by atoms with van der Waals surface area (Å²) >= 11 is 0. The van der Waals surface area contributed by atoms with Crippen LogP contribution >= 0.6 is 0 Å². The van der Waals surface area contributed by atoms with Crippen molar-refractivity contribution in [3.63, 3.8) is 0 Å². The summed E-state index contributed by atoms with van der Waals surface area (Å²) in [6.45, 7) is 0.898. The summed E-state index contributed by atoms with van der Waals surface area (Å²) in [5.41, 5.74) is 3.18. The molecule has 0 amide bonds. The first-order chi connectivity index (χ1) is 7.74. The van der Waals surface area contributed by atoms with E-state index in [1.807, 2.05) is 24.4 Å². The Hall–Kier alpha value is -2.03. The first kappa shape index (κ1) is 9.21. The number of benzene rings is 1. The van der Waals surface area contributed by atoms with Gasteiger partial charge in [-0.25, -0.2) is 0 Å². The normalized spacial score (nSPS) is 13.2. The van der Waals surface area contributed by atoms with Gasteiger partial charge in [0.05, 0.1) is 11.9 Å². The number of allylic oxidation sites excluding steroid dienone is 1. The molecule has 16 heavy (non-hydrogen) atoms. The minimum Gasteiger partial charge on any atom is -0.481 e. The first-order valence-electron chi connectivity index (χ1n) is 5.24. The molecule has 0 atom stereocenters. The summed E-state index contributed by atoms with van der Waals surface area (Å²) in [7, 11) is 0. The summed E-state index contributed by atoms with van der Waals surface area (Å²) < 4.78 is 2.18. The van der Waals surface area contributed by atoms with Crippen LogP contribution in [0.1, 0.15) is 11.1 Å². The molecular weight excluding hydrogens is 202 g/mol. The number of aromatic nitrogens is 1. The lowest BCUT2D eigenvalue weighted by atomic mass is 10.0. The van der Waals surface area contributed by atoms with Gasteiger partial charge in [-0.15, -0.1) is 0 Å². The van der Waals surface area contributed by atoms with E-state index in [0.29, 0.717) is 0 Å². The van der Waals surface area contributed by atoms with Crippen LogP contribution in [0.3, 0.4) is 0 Å². The van der Waals surface area contributed by atoms with Gasteiger partial charge >= 0.3 is 5.97 Å². The standard InChI is InChI=1S/C13H11NO2/c15-12(16)8-9-6-10-2-1-4-14-5-3-11(7-9)13(10)14/h1-3,5-7H,4,8H2,(H,15,16). The van der Waals surface area contributed by atoms with Crippen LogP contribution in [0.5, 0.6) is 0 Å². The lowest BCUT2D eigenvalue weighted by Gasteiger charge is -2.11. The smallest absolute Gasteiger partial charge is 0.307 e. The van der Waals surface area contributed by atoms with Crippen molar-refractivity contribution in [2.45, 2.75) is 13.0 Å². The largest absolute Gasteiger partial charge is 0.481 e. The van der Waals surface area contributed by atoms with E-state index in [1.54, 1.807) is 0 Å². The van der Waals surface area contributed by atoms with Gasteiger partial charge in [-0.1, -0.05) is 12.2 Å². The number of hydrogen-bond donors (Lipinski definition) is 1. The van der Waals surface area contributed by atoms with Crippen LogP contribution in [-0.4, -0.2) is 15.6 Å². The second-order valence-corrected chi connectivity index (χ2v) is 4.06. The first-order valence-corrected chi connectivity index (χ1v) is 5.24. The van der Waals surface area contributed by atoms with Crippen molar-refractivity contribution in [1.29, 1.82) is 0 Å². The molecule has 3 nitrogen and oxygen atoms in total. The molecule has 1 aliphatic rings. The summed E-state index contributed by atoms with van der Waals surface area (Å²) in [5.74, 6) is -0.786. The van der Waals surface area contributed by atoms with Crippen molar-refractivity contribution >= 4 is 22.9 Å². The Bertz CT molecular complexity index is 608. The minimum atomic E-state index is -0.786. The van der Waals surface area contributed by atoms with Crippen molar-refractivity contribution in [1.82, 2.24) is 4.57 Å². The highest BCUT2D eigenvalue weighted by atomic mass is 16.4. The molecule has 0 spiro atoms. The van der Waals surface area contributed by atoms with Gasteiger partial charge in [0.1, 0.15) is 0 Å². The Labute approximate surface area is 92.6 Å². The van der Waals surface area contributed by atoms with Crippen LogP contribution in [0.25, 0.3) is 17.0 Å². The monoisotopic (exact) mass is 213 g/mol. The second-order valence-electron chi connectivity index (χ2n) is 4.06. The van der Waals surface area contributed by atoms with Gasteiger partial charge in [-0.3, -0.25) is 4.79 Å². The summed E-state index contributed by atoms with van der Waals surface area (Å²) in [5, 5.41) is 9.92. The third-order valence-electron chi connectivity index (χ3n) is 2.90. The van der Waals surface area contributed by atoms with Crippen molar-refractivity contribution in [2.75, 3.05) is 0 Å². The summed E-state index contributed by atoms with van der Waals surface area (Å²) in [6.07, 6.45) is 6.28. The van der Waals surface area contributed by atoms with E-state index in [1.165, 1.54) is 5.52 Å². The van der Waals surface area contributed by atoms with Gasteiger partial charge in [-0.05, 0) is 29.3 Å². The third kappa shape index (κ3) is 1.33. The molecule has 2 aromatic rings. The van der Waals surface area contributed by atoms with Crippen LogP contribution in [0.4, 0.5) is 0 Å². The van der Waals surface area contributed by atoms with E-state index in [9.17, 15) is 4.79 Å². The van der Waals surface area contributed by atoms with E-state index in [4.69, 9.17) is 5.11 Å². The Morgan fingerprint density at radius 1 is 1.44 bits per heavy atom. The molecule has 0 fully saturated rings. The molecular formula is C13H11NO2. The zero-order valence-corrected chi connectivity index (χ0v) is 8.68. The zero-order chi connectivity index (χ0) is 11.1. The maximum atomic E-state index is 10.7. The molecule has 80 valence electrons. The van der Waals surface area contributed by atoms with E-state index in [2.05, 4.69) is 16.7 Å². The van der Waals surface area contributed by atoms with Gasteiger partial charge < -0.3 is 9.67 Å².